The molecule has 0 bridgehead atoms. The molecule has 4 rings (SSSR count). The number of hydrogen-bond acceptors (Lipinski definition) is 7. The Morgan fingerprint density at radius 2 is 1.89 bits per heavy atom. The highest BCUT2D eigenvalue weighted by Crippen LogP contribution is 2.30. The van der Waals surface area contributed by atoms with Gasteiger partial charge < -0.3 is 10.1 Å². The molecular weight excluding hydrogens is 498 g/mol. The van der Waals surface area contributed by atoms with Crippen LogP contribution >= 0.6 is 11.3 Å². The normalized spacial score (nSPS) is 11.8. The lowest BCUT2D eigenvalue weighted by Crippen LogP contribution is -2.31. The molecule has 0 aliphatic heterocycles. The zero-order valence-electron chi connectivity index (χ0n) is 20.7. The molecule has 1 N–H and O–H groups in total. The minimum absolute atomic E-state index is 0.169. The van der Waals surface area contributed by atoms with Gasteiger partial charge >= 0.3 is 0 Å². The van der Waals surface area contributed by atoms with E-state index < -0.39 is 10.0 Å². The number of anilines is 1. The van der Waals surface area contributed by atoms with Crippen molar-refractivity contribution in [3.63, 3.8) is 0 Å². The number of hydrogen-bond donors (Lipinski definition) is 1. The number of ether oxygens (including phenoxy) is 1. The average molecular weight is 528 g/mol. The Labute approximate surface area is 214 Å². The fraction of sp³-hybridized carbons (Fsp3) is 0.320. The third kappa shape index (κ3) is 5.28. The Bertz CT molecular complexity index is 1480. The van der Waals surface area contributed by atoms with Gasteiger partial charge in [0.1, 0.15) is 11.6 Å². The SMILES string of the molecule is CCCCN(CC)S(=O)(=O)c1ccc(C(=O)Nc2cc(C)nn2-c2nc3cc(OC)ccc3s2)cc1. The van der Waals surface area contributed by atoms with Crippen LogP contribution in [0.3, 0.4) is 0 Å². The monoisotopic (exact) mass is 527 g/mol. The second kappa shape index (κ2) is 10.8. The van der Waals surface area contributed by atoms with Crippen LogP contribution in [-0.2, 0) is 10.0 Å². The number of nitrogens with one attached hydrogen (secondary N) is 1. The van der Waals surface area contributed by atoms with Gasteiger partial charge in [-0.05, 0) is 49.7 Å². The van der Waals surface area contributed by atoms with Crippen LogP contribution in [-0.4, -0.2) is 53.6 Å². The van der Waals surface area contributed by atoms with Crippen molar-refractivity contribution >= 4 is 43.3 Å². The molecule has 2 heterocycles. The minimum Gasteiger partial charge on any atom is -0.497 e. The number of carbonyl (C=O) groups excluding carboxylic acids is 1. The lowest BCUT2D eigenvalue weighted by molar-refractivity contribution is 0.102. The van der Waals surface area contributed by atoms with Gasteiger partial charge in [-0.2, -0.15) is 14.1 Å². The van der Waals surface area contributed by atoms with E-state index in [-0.39, 0.29) is 10.8 Å². The van der Waals surface area contributed by atoms with E-state index in [0.717, 1.165) is 28.8 Å². The van der Waals surface area contributed by atoms with Gasteiger partial charge in [-0.25, -0.2) is 13.4 Å². The molecule has 0 radical (unpaired) electrons. The van der Waals surface area contributed by atoms with E-state index in [9.17, 15) is 13.2 Å². The molecule has 0 saturated heterocycles. The van der Waals surface area contributed by atoms with Crippen molar-refractivity contribution in [3.8, 4) is 10.9 Å². The summed E-state index contributed by atoms with van der Waals surface area (Å²) in [6, 6.07) is 13.4. The van der Waals surface area contributed by atoms with E-state index in [4.69, 9.17) is 4.74 Å². The molecule has 2 aromatic carbocycles. The number of sulfonamides is 1. The first-order valence-electron chi connectivity index (χ1n) is 11.7. The van der Waals surface area contributed by atoms with Crippen LogP contribution in [0, 0.1) is 6.92 Å². The van der Waals surface area contributed by atoms with Gasteiger partial charge in [-0.15, -0.1) is 0 Å². The summed E-state index contributed by atoms with van der Waals surface area (Å²) >= 11 is 1.45. The third-order valence-electron chi connectivity index (χ3n) is 5.71. The second-order valence-electron chi connectivity index (χ2n) is 8.24. The summed E-state index contributed by atoms with van der Waals surface area (Å²) in [5.41, 5.74) is 1.83. The molecule has 190 valence electrons. The Balaban J connectivity index is 1.56. The van der Waals surface area contributed by atoms with Crippen LogP contribution in [0.1, 0.15) is 42.7 Å². The molecule has 0 spiro atoms. The summed E-state index contributed by atoms with van der Waals surface area (Å²) in [7, 11) is -2.01. The molecule has 2 aromatic heterocycles. The Hall–Kier alpha value is -3.28. The topological polar surface area (TPSA) is 106 Å². The van der Waals surface area contributed by atoms with E-state index >= 15 is 0 Å². The first kappa shape index (κ1) is 25.8. The van der Waals surface area contributed by atoms with Gasteiger partial charge in [0, 0.05) is 30.8 Å². The standard InChI is InChI=1S/C25H29N5O4S2/c1-5-7-14-29(6-2)36(32,33)20-11-8-18(9-12-20)24(31)27-23-15-17(3)28-30(23)25-26-21-16-19(34-4)10-13-22(21)35-25/h8-13,15-16H,5-7,14H2,1-4H3,(H,27,31). The number of rotatable bonds is 10. The number of carbonyl (C=O) groups is 1. The average Bonchev–Trinajstić information content (AvgIpc) is 3.46. The Morgan fingerprint density at radius 1 is 1.14 bits per heavy atom. The van der Waals surface area contributed by atoms with Gasteiger partial charge in [-0.1, -0.05) is 31.6 Å². The molecule has 0 saturated carbocycles. The number of unbranched alkanes of at least 4 members (excludes halogenated alkanes) is 1. The molecule has 0 atom stereocenters. The summed E-state index contributed by atoms with van der Waals surface area (Å²) in [5.74, 6) is 0.806. The van der Waals surface area contributed by atoms with Gasteiger partial charge in [0.05, 0.1) is 27.9 Å². The van der Waals surface area contributed by atoms with Gasteiger partial charge in [-0.3, -0.25) is 4.79 Å². The number of aromatic nitrogens is 3. The molecule has 1 amide bonds. The first-order chi connectivity index (χ1) is 17.3. The maximum Gasteiger partial charge on any atom is 0.256 e. The van der Waals surface area contributed by atoms with E-state index in [0.29, 0.717) is 35.4 Å². The van der Waals surface area contributed by atoms with Crippen molar-refractivity contribution in [1.82, 2.24) is 19.1 Å². The number of fused-ring (bicyclic) bond motifs is 1. The predicted molar refractivity (Wildman–Crippen MR) is 142 cm³/mol. The molecule has 0 aliphatic carbocycles. The number of thiazole rings is 1. The first-order valence-corrected chi connectivity index (χ1v) is 14.0. The van der Waals surface area contributed by atoms with E-state index in [1.165, 1.54) is 39.9 Å². The molecule has 36 heavy (non-hydrogen) atoms. The molecule has 4 aromatic rings. The fourth-order valence-electron chi connectivity index (χ4n) is 3.75. The molecule has 11 heteroatoms. The molecular formula is C25H29N5O4S2. The largest absolute Gasteiger partial charge is 0.497 e. The second-order valence-corrected chi connectivity index (χ2v) is 11.2. The van der Waals surface area contributed by atoms with Gasteiger partial charge in [0.2, 0.25) is 15.2 Å². The number of benzene rings is 2. The van der Waals surface area contributed by atoms with Crippen molar-refractivity contribution in [3.05, 3.63) is 59.8 Å². The smallest absolute Gasteiger partial charge is 0.256 e. The van der Waals surface area contributed by atoms with Crippen LogP contribution in [0.5, 0.6) is 5.75 Å². The lowest BCUT2D eigenvalue weighted by atomic mass is 10.2. The van der Waals surface area contributed by atoms with Gasteiger partial charge in [0.15, 0.2) is 0 Å². The number of aryl methyl sites for hydroxylation is 1. The van der Waals surface area contributed by atoms with E-state index in [1.54, 1.807) is 17.9 Å². The predicted octanol–water partition coefficient (Wildman–Crippen LogP) is 4.86. The van der Waals surface area contributed by atoms with E-state index in [1.807, 2.05) is 39.0 Å². The highest BCUT2D eigenvalue weighted by Gasteiger charge is 2.23. The van der Waals surface area contributed by atoms with Crippen LogP contribution in [0.25, 0.3) is 15.3 Å². The number of nitrogens with zero attached hydrogens (tertiary/aromatic N) is 4. The summed E-state index contributed by atoms with van der Waals surface area (Å²) in [4.78, 5) is 17.8. The van der Waals surface area contributed by atoms with Crippen LogP contribution in [0.15, 0.2) is 53.4 Å². The zero-order chi connectivity index (χ0) is 25.9. The lowest BCUT2D eigenvalue weighted by Gasteiger charge is -2.20. The summed E-state index contributed by atoms with van der Waals surface area (Å²) in [6.07, 6.45) is 1.70. The Kier molecular flexibility index (Phi) is 7.72. The molecule has 0 fully saturated rings. The van der Waals surface area contributed by atoms with Crippen molar-refractivity contribution in [2.24, 2.45) is 0 Å². The molecule has 9 nitrogen and oxygen atoms in total. The fourth-order valence-corrected chi connectivity index (χ4v) is 6.14. The zero-order valence-corrected chi connectivity index (χ0v) is 22.3. The van der Waals surface area contributed by atoms with Crippen LogP contribution in [0.2, 0.25) is 0 Å². The molecule has 0 aliphatic rings. The number of methoxy groups -OCH3 is 1. The summed E-state index contributed by atoms with van der Waals surface area (Å²) in [6.45, 7) is 6.55. The maximum absolute atomic E-state index is 13.0. The van der Waals surface area contributed by atoms with E-state index in [2.05, 4.69) is 15.4 Å². The van der Waals surface area contributed by atoms with Crippen molar-refractivity contribution in [2.45, 2.75) is 38.5 Å². The third-order valence-corrected chi connectivity index (χ3v) is 8.71. The minimum atomic E-state index is -3.61. The van der Waals surface area contributed by atoms with Crippen LogP contribution < -0.4 is 10.1 Å². The maximum atomic E-state index is 13.0. The Morgan fingerprint density at radius 3 is 2.56 bits per heavy atom. The van der Waals surface area contributed by atoms with Gasteiger partial charge in [0.25, 0.3) is 5.91 Å². The van der Waals surface area contributed by atoms with Crippen molar-refractivity contribution in [2.75, 3.05) is 25.5 Å². The van der Waals surface area contributed by atoms with Crippen molar-refractivity contribution < 1.29 is 17.9 Å². The highest BCUT2D eigenvalue weighted by molar-refractivity contribution is 7.89. The summed E-state index contributed by atoms with van der Waals surface area (Å²) in [5, 5.41) is 7.98. The summed E-state index contributed by atoms with van der Waals surface area (Å²) < 4.78 is 35.2. The van der Waals surface area contributed by atoms with Crippen LogP contribution in [0.4, 0.5) is 5.82 Å². The van der Waals surface area contributed by atoms with Crippen molar-refractivity contribution in [1.29, 1.82) is 0 Å². The molecule has 0 unspecified atom stereocenters. The highest BCUT2D eigenvalue weighted by atomic mass is 32.2. The number of amides is 1. The quantitative estimate of drug-likeness (QED) is 0.316.